The van der Waals surface area contributed by atoms with Crippen LogP contribution in [0.15, 0.2) is 24.3 Å². The van der Waals surface area contributed by atoms with Crippen LogP contribution in [0.5, 0.6) is 0 Å². The maximum Gasteiger partial charge on any atom is 0.190 e. The van der Waals surface area contributed by atoms with Crippen LogP contribution in [0.1, 0.15) is 23.2 Å². The molecular formula is C14H18N2O. The number of likely N-dealkylation sites (tertiary alicyclic amines) is 1. The number of benzene rings is 1. The molecule has 2 aliphatic heterocycles. The number of ketones is 1. The predicted octanol–water partition coefficient (Wildman–Crippen LogP) is 1.78. The van der Waals surface area contributed by atoms with Gasteiger partial charge in [-0.25, -0.2) is 0 Å². The monoisotopic (exact) mass is 230 g/mol. The molecule has 1 fully saturated rings. The van der Waals surface area contributed by atoms with E-state index < -0.39 is 0 Å². The fraction of sp³-hybridized carbons (Fsp3) is 0.500. The number of hydrogen-bond acceptors (Lipinski definition) is 3. The first-order chi connectivity index (χ1) is 8.15. The maximum absolute atomic E-state index is 12.6. The van der Waals surface area contributed by atoms with Crippen molar-refractivity contribution in [2.75, 3.05) is 32.1 Å². The number of likely N-dealkylation sites (N-methyl/N-ethyl adjacent to an activating group) is 1. The number of hydrogen-bond donors (Lipinski definition) is 0. The molecule has 0 N–H and O–H groups in total. The molecule has 0 amide bonds. The van der Waals surface area contributed by atoms with Gasteiger partial charge in [-0.3, -0.25) is 4.79 Å². The number of fused-ring (bicyclic) bond motifs is 1. The maximum atomic E-state index is 12.6. The van der Waals surface area contributed by atoms with Crippen LogP contribution in [-0.4, -0.2) is 43.4 Å². The van der Waals surface area contributed by atoms with Gasteiger partial charge in [-0.15, -0.1) is 0 Å². The fourth-order valence-corrected chi connectivity index (χ4v) is 3.14. The molecular weight excluding hydrogens is 212 g/mol. The van der Waals surface area contributed by atoms with Crippen molar-refractivity contribution in [3.63, 3.8) is 0 Å². The van der Waals surface area contributed by atoms with Crippen molar-refractivity contribution in [2.24, 2.45) is 0 Å². The third-order valence-corrected chi connectivity index (χ3v) is 4.39. The summed E-state index contributed by atoms with van der Waals surface area (Å²) in [6.07, 6.45) is 1.88. The number of anilines is 1. The van der Waals surface area contributed by atoms with Crippen molar-refractivity contribution in [3.05, 3.63) is 29.8 Å². The molecule has 0 bridgehead atoms. The molecule has 3 rings (SSSR count). The van der Waals surface area contributed by atoms with E-state index in [1.807, 2.05) is 18.2 Å². The van der Waals surface area contributed by atoms with Crippen molar-refractivity contribution in [2.45, 2.75) is 18.4 Å². The minimum Gasteiger partial charge on any atom is -0.361 e. The number of piperidine rings is 1. The average Bonchev–Trinajstić information content (AvgIpc) is 2.57. The second kappa shape index (κ2) is 3.57. The summed E-state index contributed by atoms with van der Waals surface area (Å²) in [7, 11) is 4.19. The molecule has 1 spiro atoms. The number of rotatable bonds is 0. The molecule has 0 saturated carbocycles. The highest BCUT2D eigenvalue weighted by molar-refractivity contribution is 6.13. The SMILES string of the molecule is CN1CCC2(CC1)C(=O)c1ccccc1N2C. The van der Waals surface area contributed by atoms with Crippen LogP contribution in [0.2, 0.25) is 0 Å². The Kier molecular flexibility index (Phi) is 2.26. The minimum atomic E-state index is -0.268. The lowest BCUT2D eigenvalue weighted by Gasteiger charge is -2.42. The van der Waals surface area contributed by atoms with Crippen molar-refractivity contribution < 1.29 is 4.79 Å². The van der Waals surface area contributed by atoms with Gasteiger partial charge in [0.1, 0.15) is 5.54 Å². The van der Waals surface area contributed by atoms with Crippen molar-refractivity contribution in [1.82, 2.24) is 4.90 Å². The molecule has 0 atom stereocenters. The van der Waals surface area contributed by atoms with Crippen LogP contribution < -0.4 is 4.90 Å². The summed E-state index contributed by atoms with van der Waals surface area (Å²) in [5, 5.41) is 0. The summed E-state index contributed by atoms with van der Waals surface area (Å²) in [6.45, 7) is 2.01. The lowest BCUT2D eigenvalue weighted by atomic mass is 9.83. The van der Waals surface area contributed by atoms with Gasteiger partial charge in [0, 0.05) is 31.4 Å². The molecule has 1 aromatic carbocycles. The highest BCUT2D eigenvalue weighted by Crippen LogP contribution is 2.42. The lowest BCUT2D eigenvalue weighted by Crippen LogP contribution is -2.55. The predicted molar refractivity (Wildman–Crippen MR) is 68.6 cm³/mol. The van der Waals surface area contributed by atoms with E-state index in [-0.39, 0.29) is 5.54 Å². The number of para-hydroxylation sites is 1. The van der Waals surface area contributed by atoms with E-state index in [0.29, 0.717) is 5.78 Å². The highest BCUT2D eigenvalue weighted by atomic mass is 16.1. The third kappa shape index (κ3) is 1.35. The van der Waals surface area contributed by atoms with Crippen molar-refractivity contribution >= 4 is 11.5 Å². The second-order valence-electron chi connectivity index (χ2n) is 5.24. The first kappa shape index (κ1) is 10.8. The molecule has 0 unspecified atom stereocenters. The van der Waals surface area contributed by atoms with Crippen LogP contribution in [-0.2, 0) is 0 Å². The molecule has 1 saturated heterocycles. The van der Waals surface area contributed by atoms with E-state index in [2.05, 4.69) is 30.0 Å². The smallest absolute Gasteiger partial charge is 0.190 e. The topological polar surface area (TPSA) is 23.6 Å². The third-order valence-electron chi connectivity index (χ3n) is 4.39. The summed E-state index contributed by atoms with van der Waals surface area (Å²) in [5.74, 6) is 0.323. The van der Waals surface area contributed by atoms with Crippen LogP contribution in [0.4, 0.5) is 5.69 Å². The molecule has 0 aliphatic carbocycles. The molecule has 17 heavy (non-hydrogen) atoms. The van der Waals surface area contributed by atoms with Gasteiger partial charge in [0.2, 0.25) is 0 Å². The Balaban J connectivity index is 2.03. The molecule has 3 heteroatoms. The van der Waals surface area contributed by atoms with Crippen molar-refractivity contribution in [3.8, 4) is 0 Å². The summed E-state index contributed by atoms with van der Waals surface area (Å²) < 4.78 is 0. The minimum absolute atomic E-state index is 0.268. The Morgan fingerprint density at radius 3 is 2.41 bits per heavy atom. The normalized spacial score (nSPS) is 23.2. The average molecular weight is 230 g/mol. The van der Waals surface area contributed by atoms with E-state index in [0.717, 1.165) is 37.2 Å². The van der Waals surface area contributed by atoms with Crippen LogP contribution >= 0.6 is 0 Å². The Bertz CT molecular complexity index is 461. The van der Waals surface area contributed by atoms with E-state index >= 15 is 0 Å². The van der Waals surface area contributed by atoms with E-state index in [4.69, 9.17) is 0 Å². The molecule has 2 heterocycles. The first-order valence-corrected chi connectivity index (χ1v) is 6.21. The van der Waals surface area contributed by atoms with Crippen LogP contribution in [0.3, 0.4) is 0 Å². The molecule has 0 aromatic heterocycles. The van der Waals surface area contributed by atoms with Gasteiger partial charge >= 0.3 is 0 Å². The van der Waals surface area contributed by atoms with Crippen LogP contribution in [0, 0.1) is 0 Å². The standard InChI is InChI=1S/C14H18N2O/c1-15-9-7-14(8-10-15)13(17)11-5-3-4-6-12(11)16(14)2/h3-6H,7-10H2,1-2H3. The van der Waals surface area contributed by atoms with Gasteiger partial charge in [0.15, 0.2) is 5.78 Å². The van der Waals surface area contributed by atoms with E-state index in [1.54, 1.807) is 0 Å². The number of Topliss-reactive ketones (excluding diaryl/α,β-unsaturated/α-hetero) is 1. The van der Waals surface area contributed by atoms with Gasteiger partial charge < -0.3 is 9.80 Å². The fourth-order valence-electron chi connectivity index (χ4n) is 3.14. The first-order valence-electron chi connectivity index (χ1n) is 6.21. The summed E-state index contributed by atoms with van der Waals surface area (Å²) in [6, 6.07) is 7.98. The van der Waals surface area contributed by atoms with E-state index in [1.165, 1.54) is 0 Å². The van der Waals surface area contributed by atoms with Gasteiger partial charge in [-0.2, -0.15) is 0 Å². The Labute approximate surface area is 102 Å². The largest absolute Gasteiger partial charge is 0.361 e. The Morgan fingerprint density at radius 1 is 1.12 bits per heavy atom. The Hall–Kier alpha value is -1.35. The zero-order valence-electron chi connectivity index (χ0n) is 10.4. The molecule has 1 aromatic rings. The Morgan fingerprint density at radius 2 is 1.76 bits per heavy atom. The number of nitrogens with zero attached hydrogens (tertiary/aromatic N) is 2. The zero-order chi connectivity index (χ0) is 12.0. The number of carbonyl (C=O) groups is 1. The summed E-state index contributed by atoms with van der Waals surface area (Å²) >= 11 is 0. The summed E-state index contributed by atoms with van der Waals surface area (Å²) in [4.78, 5) is 17.1. The van der Waals surface area contributed by atoms with Gasteiger partial charge in [0.05, 0.1) is 0 Å². The quantitative estimate of drug-likeness (QED) is 0.679. The van der Waals surface area contributed by atoms with E-state index in [9.17, 15) is 4.79 Å². The van der Waals surface area contributed by atoms with Crippen molar-refractivity contribution in [1.29, 1.82) is 0 Å². The van der Waals surface area contributed by atoms with Gasteiger partial charge in [0.25, 0.3) is 0 Å². The van der Waals surface area contributed by atoms with Crippen LogP contribution in [0.25, 0.3) is 0 Å². The second-order valence-corrected chi connectivity index (χ2v) is 5.24. The lowest BCUT2D eigenvalue weighted by molar-refractivity contribution is 0.0822. The van der Waals surface area contributed by atoms with Gasteiger partial charge in [-0.1, -0.05) is 12.1 Å². The summed E-state index contributed by atoms with van der Waals surface area (Å²) in [5.41, 5.74) is 1.73. The molecule has 3 nitrogen and oxygen atoms in total. The molecule has 90 valence electrons. The zero-order valence-corrected chi connectivity index (χ0v) is 10.4. The molecule has 2 aliphatic rings. The highest BCUT2D eigenvalue weighted by Gasteiger charge is 2.50. The van der Waals surface area contributed by atoms with Gasteiger partial charge in [-0.05, 0) is 32.0 Å². The molecule has 0 radical (unpaired) electrons. The number of carbonyl (C=O) groups excluding carboxylic acids is 1.